The first-order valence-corrected chi connectivity index (χ1v) is 29.3. The van der Waals surface area contributed by atoms with Crippen molar-refractivity contribution in [2.45, 2.75) is 76.2 Å². The smallest absolute Gasteiger partial charge is 0.200 e. The van der Waals surface area contributed by atoms with Crippen LogP contribution in [0.15, 0.2) is 170 Å². The SMILES string of the molecule is Cc1c(F)c(F)c(F)c(F)c1F.Cc1c(F)cc(F)cc1F.Cc1c(F)cccc1F.Cc1cc(F)c(F)c(F)c1.Cc1cc(F)cc(F)c1.Cc1cc(F)ccc1F.Cc1ccc(F)c(F)c1.Cc1ccc(F)c(F)c1F.Cc1ccc(F)cc1.Cc1ccc(F)cc1F.Cc1cccc(F)c1F. The van der Waals surface area contributed by atoms with Gasteiger partial charge in [0.25, 0.3) is 0 Å². The molecule has 0 aliphatic carbocycles. The van der Waals surface area contributed by atoms with Gasteiger partial charge in [-0.05, 0) is 212 Å². The van der Waals surface area contributed by atoms with E-state index in [2.05, 4.69) is 0 Å². The lowest BCUT2D eigenvalue weighted by Gasteiger charge is -2.02. The quantitative estimate of drug-likeness (QED) is 0.0806. The summed E-state index contributed by atoms with van der Waals surface area (Å²) in [5, 5.41) is 0. The summed E-state index contributed by atoms with van der Waals surface area (Å²) in [4.78, 5) is 0. The van der Waals surface area contributed by atoms with Crippen LogP contribution in [0.1, 0.15) is 61.2 Å². The average Bonchev–Trinajstić information content (AvgIpc) is 0.807. The first-order valence-electron chi connectivity index (χ1n) is 29.3. The Morgan fingerprint density at radius 2 is 0.500 bits per heavy atom. The molecule has 0 heterocycles. The molecule has 11 rings (SSSR count). The van der Waals surface area contributed by atoms with Gasteiger partial charge >= 0.3 is 0 Å². The van der Waals surface area contributed by atoms with Crippen molar-refractivity contribution in [3.63, 3.8) is 0 Å². The van der Waals surface area contributed by atoms with Gasteiger partial charge in [0.1, 0.15) is 69.8 Å². The summed E-state index contributed by atoms with van der Waals surface area (Å²) in [7, 11) is 0. The molecule has 0 aliphatic rings. The number of rotatable bonds is 0. The van der Waals surface area contributed by atoms with Gasteiger partial charge in [0, 0.05) is 41.0 Å². The first kappa shape index (κ1) is 91.5. The zero-order chi connectivity index (χ0) is 79.7. The number of hydrogen-bond acceptors (Lipinski definition) is 0. The molecule has 0 nitrogen and oxygen atoms in total. The van der Waals surface area contributed by atoms with E-state index in [0.717, 1.165) is 84.8 Å². The summed E-state index contributed by atoms with van der Waals surface area (Å²) in [6.07, 6.45) is 0. The molecule has 0 N–H and O–H groups in total. The minimum Gasteiger partial charge on any atom is -0.207 e. The van der Waals surface area contributed by atoms with Crippen LogP contribution in [0.25, 0.3) is 0 Å². The lowest BCUT2D eigenvalue weighted by molar-refractivity contribution is 0.373. The van der Waals surface area contributed by atoms with Crippen LogP contribution in [0.5, 0.6) is 0 Å². The molecule has 27 heteroatoms. The van der Waals surface area contributed by atoms with Gasteiger partial charge in [0.05, 0.1) is 0 Å². The minimum atomic E-state index is -2.13. The van der Waals surface area contributed by atoms with Crippen molar-refractivity contribution in [1.82, 2.24) is 0 Å². The minimum absolute atomic E-state index is 0.0810. The van der Waals surface area contributed by atoms with Crippen LogP contribution in [0, 0.1) is 233 Å². The molecule has 558 valence electrons. The second-order valence-corrected chi connectivity index (χ2v) is 21.4. The van der Waals surface area contributed by atoms with Crippen LogP contribution in [0.4, 0.5) is 119 Å². The van der Waals surface area contributed by atoms with E-state index in [1.165, 1.54) is 120 Å². The van der Waals surface area contributed by atoms with Gasteiger partial charge < -0.3 is 0 Å². The molecule has 0 fully saturated rings. The largest absolute Gasteiger partial charge is 0.207 e. The standard InChI is InChI=1S/C7H3F5.3C7H5F3.6C7H6F2.C7H7F/c1-2-3(8)5(10)7(12)6(11)4(2)9;1-4-6(9)2-5(8)3-7(4)10;1-4-2-5(8)7(10)6(9)3-4;1-4-2-3-5(8)7(10)6(4)9;1-5-2-6(8)4-7(9)3-5;1-5-4-6(8)2-3-7(5)9;1-5-2-3-6(8)4-7(5)9;1-5-2-3-6(8)7(9)4-5;1-5-6(8)3-2-4-7(5)9;1-5-3-2-4-6(8)7(5)9;1-6-2-4-7(8)5-3-6/h1H3;3*2-3H,1H3;6*2-4H,1H3;2-5H,1H3. The molecule has 104 heavy (non-hydrogen) atoms. The third-order valence-electron chi connectivity index (χ3n) is 12.7. The fourth-order valence-electron chi connectivity index (χ4n) is 6.83. The zero-order valence-corrected chi connectivity index (χ0v) is 56.4. The van der Waals surface area contributed by atoms with Crippen molar-refractivity contribution in [1.29, 1.82) is 0 Å². The summed E-state index contributed by atoms with van der Waals surface area (Å²) >= 11 is 0. The molecule has 0 radical (unpaired) electrons. The van der Waals surface area contributed by atoms with Crippen LogP contribution in [-0.2, 0) is 0 Å². The topological polar surface area (TPSA) is 0 Å². The highest BCUT2D eigenvalue weighted by atomic mass is 19.2. The van der Waals surface area contributed by atoms with Gasteiger partial charge in [0.2, 0.25) is 5.82 Å². The van der Waals surface area contributed by atoms with Gasteiger partial charge in [-0.1, -0.05) is 54.1 Å². The summed E-state index contributed by atoms with van der Waals surface area (Å²) < 4.78 is 331. The summed E-state index contributed by atoms with van der Waals surface area (Å²) in [6.45, 7) is 16.3. The monoisotopic (exact) mass is 1500 g/mol. The number of aryl methyl sites for hydroxylation is 8. The van der Waals surface area contributed by atoms with Crippen molar-refractivity contribution in [3.8, 4) is 0 Å². The summed E-state index contributed by atoms with van der Waals surface area (Å²) in [5.74, 6) is -26.5. The Labute approximate surface area is 581 Å². The van der Waals surface area contributed by atoms with E-state index >= 15 is 0 Å². The zero-order valence-electron chi connectivity index (χ0n) is 56.4. The molecule has 0 saturated carbocycles. The van der Waals surface area contributed by atoms with E-state index in [9.17, 15) is 119 Å². The van der Waals surface area contributed by atoms with Crippen LogP contribution in [-0.4, -0.2) is 0 Å². The van der Waals surface area contributed by atoms with Crippen molar-refractivity contribution >= 4 is 0 Å². The molecule has 0 bridgehead atoms. The predicted molar refractivity (Wildman–Crippen MR) is 342 cm³/mol. The fourth-order valence-corrected chi connectivity index (χ4v) is 6.83. The Morgan fingerprint density at radius 3 is 0.904 bits per heavy atom. The number of halogens is 27. The van der Waals surface area contributed by atoms with E-state index in [1.54, 1.807) is 32.9 Å². The highest BCUT2D eigenvalue weighted by Crippen LogP contribution is 2.23. The van der Waals surface area contributed by atoms with Crippen molar-refractivity contribution < 1.29 is 119 Å². The average molecular weight is 1500 g/mol. The third kappa shape index (κ3) is 32.7. The fraction of sp³-hybridized carbons (Fsp3) is 0.143. The lowest BCUT2D eigenvalue weighted by atomic mass is 10.2. The van der Waals surface area contributed by atoms with Gasteiger partial charge in [0.15, 0.2) is 81.4 Å². The Hall–Kier alpha value is -10.5. The van der Waals surface area contributed by atoms with E-state index in [0.29, 0.717) is 39.9 Å². The molecular weight excluding hydrogens is 1440 g/mol. The molecule has 0 unspecified atom stereocenters. The maximum atomic E-state index is 12.4. The van der Waals surface area contributed by atoms with Gasteiger partial charge in [-0.15, -0.1) is 0 Å². The Bertz CT molecular complexity index is 4040. The molecule has 11 aromatic rings. The normalized spacial score (nSPS) is 9.83. The van der Waals surface area contributed by atoms with Gasteiger partial charge in [-0.2, -0.15) is 0 Å². The first-order chi connectivity index (χ1) is 48.3. The molecule has 0 amide bonds. The van der Waals surface area contributed by atoms with E-state index in [4.69, 9.17) is 0 Å². The maximum absolute atomic E-state index is 12.4. The van der Waals surface area contributed by atoms with Gasteiger partial charge in [-0.3, -0.25) is 0 Å². The molecule has 0 atom stereocenters. The second-order valence-electron chi connectivity index (χ2n) is 21.4. The molecule has 0 aromatic heterocycles. The van der Waals surface area contributed by atoms with Crippen LogP contribution in [0.3, 0.4) is 0 Å². The summed E-state index contributed by atoms with van der Waals surface area (Å²) in [5.41, 5.74) is 3.12. The molecule has 0 aliphatic heterocycles. The Balaban J connectivity index is 0.000000573. The summed E-state index contributed by atoms with van der Waals surface area (Å²) in [6, 6.07) is 33.7. The van der Waals surface area contributed by atoms with Crippen LogP contribution < -0.4 is 0 Å². The maximum Gasteiger partial charge on any atom is 0.200 e. The second kappa shape index (κ2) is 44.8. The molecule has 11 aromatic carbocycles. The predicted octanol–water partition coefficient (Wildman–Crippen LogP) is 25.7. The van der Waals surface area contributed by atoms with Crippen LogP contribution >= 0.6 is 0 Å². The Morgan fingerprint density at radius 1 is 0.144 bits per heavy atom. The number of hydrogen-bond donors (Lipinski definition) is 0. The van der Waals surface area contributed by atoms with Crippen molar-refractivity contribution in [3.05, 3.63) is 388 Å². The van der Waals surface area contributed by atoms with E-state index in [1.807, 2.05) is 6.92 Å². The number of benzene rings is 11. The lowest BCUT2D eigenvalue weighted by Crippen LogP contribution is -2.03. The molecule has 0 saturated heterocycles. The highest BCUT2D eigenvalue weighted by molar-refractivity contribution is 5.25. The van der Waals surface area contributed by atoms with Crippen LogP contribution in [0.2, 0.25) is 0 Å². The van der Waals surface area contributed by atoms with E-state index in [-0.39, 0.29) is 28.3 Å². The third-order valence-corrected chi connectivity index (χ3v) is 12.7. The van der Waals surface area contributed by atoms with E-state index < -0.39 is 151 Å². The Kier molecular flexibility index (Phi) is 39.4. The van der Waals surface area contributed by atoms with Crippen molar-refractivity contribution in [2.75, 3.05) is 0 Å². The highest BCUT2D eigenvalue weighted by Gasteiger charge is 2.23. The van der Waals surface area contributed by atoms with Gasteiger partial charge in [-0.25, -0.2) is 119 Å². The van der Waals surface area contributed by atoms with Crippen molar-refractivity contribution in [2.24, 2.45) is 0 Å². The molecular formula is C77H61F27. The molecule has 0 spiro atoms.